The molecule has 2 N–H and O–H groups in total. The van der Waals surface area contributed by atoms with Crippen LogP contribution in [0.1, 0.15) is 0 Å². The standard InChI is InChI=1S/C5H4FIN2.ClH/c6-5-1-3(7)4(8)2-9-5;/h1-2H,8H2;1H. The molecule has 1 heterocycles. The third kappa shape index (κ3) is 2.26. The smallest absolute Gasteiger partial charge is 0.213 e. The molecule has 56 valence electrons. The summed E-state index contributed by atoms with van der Waals surface area (Å²) in [5.74, 6) is -0.492. The van der Waals surface area contributed by atoms with Crippen molar-refractivity contribution in [2.45, 2.75) is 0 Å². The molecular formula is C5H5ClFIN2. The fraction of sp³-hybridized carbons (Fsp3) is 0. The van der Waals surface area contributed by atoms with Gasteiger partial charge in [0.2, 0.25) is 5.95 Å². The zero-order chi connectivity index (χ0) is 6.85. The van der Waals surface area contributed by atoms with Crippen LogP contribution in [0.5, 0.6) is 0 Å². The number of halogens is 3. The van der Waals surface area contributed by atoms with Crippen LogP contribution in [-0.2, 0) is 0 Å². The Balaban J connectivity index is 0.000000810. The first kappa shape index (κ1) is 9.90. The Morgan fingerprint density at radius 2 is 2.20 bits per heavy atom. The van der Waals surface area contributed by atoms with Gasteiger partial charge in [0.15, 0.2) is 0 Å². The van der Waals surface area contributed by atoms with E-state index in [-0.39, 0.29) is 12.4 Å². The minimum Gasteiger partial charge on any atom is -0.397 e. The minimum absolute atomic E-state index is 0. The maximum atomic E-state index is 12.2. The van der Waals surface area contributed by atoms with Crippen LogP contribution in [0.4, 0.5) is 10.1 Å². The minimum atomic E-state index is -0.492. The molecule has 5 heteroatoms. The molecule has 10 heavy (non-hydrogen) atoms. The lowest BCUT2D eigenvalue weighted by molar-refractivity contribution is 0.583. The van der Waals surface area contributed by atoms with Crippen LogP contribution in [0.2, 0.25) is 0 Å². The van der Waals surface area contributed by atoms with Gasteiger partial charge in [-0.1, -0.05) is 0 Å². The molecule has 2 nitrogen and oxygen atoms in total. The molecule has 1 rings (SSSR count). The number of pyridine rings is 1. The molecule has 0 amide bonds. The number of nitrogen functional groups attached to an aromatic ring is 1. The van der Waals surface area contributed by atoms with Gasteiger partial charge in [0.25, 0.3) is 0 Å². The van der Waals surface area contributed by atoms with E-state index in [4.69, 9.17) is 5.73 Å². The van der Waals surface area contributed by atoms with Crippen molar-refractivity contribution in [2.24, 2.45) is 0 Å². The van der Waals surface area contributed by atoms with Crippen molar-refractivity contribution in [3.63, 3.8) is 0 Å². The molecule has 0 aromatic carbocycles. The summed E-state index contributed by atoms with van der Waals surface area (Å²) in [6, 6.07) is 1.29. The molecule has 0 atom stereocenters. The van der Waals surface area contributed by atoms with Gasteiger partial charge in [-0.2, -0.15) is 4.39 Å². The van der Waals surface area contributed by atoms with Crippen LogP contribution < -0.4 is 5.73 Å². The monoisotopic (exact) mass is 274 g/mol. The molecule has 0 aliphatic carbocycles. The molecule has 1 aromatic heterocycles. The van der Waals surface area contributed by atoms with Gasteiger partial charge in [-0.15, -0.1) is 12.4 Å². The summed E-state index contributed by atoms with van der Waals surface area (Å²) in [5.41, 5.74) is 5.86. The van der Waals surface area contributed by atoms with Crippen LogP contribution >= 0.6 is 35.0 Å². The maximum absolute atomic E-state index is 12.2. The number of nitrogens with zero attached hydrogens (tertiary/aromatic N) is 1. The summed E-state index contributed by atoms with van der Waals surface area (Å²) >= 11 is 1.94. The fourth-order valence-corrected chi connectivity index (χ4v) is 0.814. The van der Waals surface area contributed by atoms with Crippen LogP contribution in [0.3, 0.4) is 0 Å². The van der Waals surface area contributed by atoms with Gasteiger partial charge in [-0.3, -0.25) is 0 Å². The topological polar surface area (TPSA) is 38.9 Å². The highest BCUT2D eigenvalue weighted by atomic mass is 127. The van der Waals surface area contributed by atoms with Crippen LogP contribution in [0.15, 0.2) is 12.3 Å². The zero-order valence-electron chi connectivity index (χ0n) is 4.84. The predicted octanol–water partition coefficient (Wildman–Crippen LogP) is 1.83. The quantitative estimate of drug-likeness (QED) is 0.579. The molecule has 0 saturated heterocycles. The van der Waals surface area contributed by atoms with Crippen molar-refractivity contribution < 1.29 is 4.39 Å². The van der Waals surface area contributed by atoms with E-state index in [2.05, 4.69) is 4.98 Å². The van der Waals surface area contributed by atoms with Gasteiger partial charge >= 0.3 is 0 Å². The van der Waals surface area contributed by atoms with Gasteiger partial charge in [0.1, 0.15) is 0 Å². The molecule has 0 saturated carbocycles. The van der Waals surface area contributed by atoms with Crippen molar-refractivity contribution in [1.29, 1.82) is 0 Å². The van der Waals surface area contributed by atoms with E-state index < -0.39 is 5.95 Å². The molecule has 0 aliphatic rings. The number of rotatable bonds is 0. The van der Waals surface area contributed by atoms with Gasteiger partial charge in [0.05, 0.1) is 11.9 Å². The molecular weight excluding hydrogens is 269 g/mol. The second kappa shape index (κ2) is 3.92. The second-order valence-corrected chi connectivity index (χ2v) is 2.69. The lowest BCUT2D eigenvalue weighted by Crippen LogP contribution is -1.92. The number of aromatic nitrogens is 1. The zero-order valence-corrected chi connectivity index (χ0v) is 7.82. The summed E-state index contributed by atoms with van der Waals surface area (Å²) < 4.78 is 12.9. The summed E-state index contributed by atoms with van der Waals surface area (Å²) in [7, 11) is 0. The summed E-state index contributed by atoms with van der Waals surface area (Å²) in [6.45, 7) is 0. The highest BCUT2D eigenvalue weighted by Gasteiger charge is 1.95. The Bertz CT molecular complexity index is 231. The summed E-state index contributed by atoms with van der Waals surface area (Å²) in [6.07, 6.45) is 1.30. The van der Waals surface area contributed by atoms with Crippen molar-refractivity contribution >= 4 is 40.7 Å². The van der Waals surface area contributed by atoms with E-state index in [9.17, 15) is 4.39 Å². The normalized spacial score (nSPS) is 8.60. The van der Waals surface area contributed by atoms with E-state index in [0.29, 0.717) is 9.26 Å². The van der Waals surface area contributed by atoms with Crippen molar-refractivity contribution in [3.05, 3.63) is 21.8 Å². The van der Waals surface area contributed by atoms with Crippen molar-refractivity contribution in [2.75, 3.05) is 5.73 Å². The van der Waals surface area contributed by atoms with Crippen molar-refractivity contribution in [1.82, 2.24) is 4.98 Å². The van der Waals surface area contributed by atoms with Crippen LogP contribution in [0.25, 0.3) is 0 Å². The van der Waals surface area contributed by atoms with Gasteiger partial charge < -0.3 is 5.73 Å². The van der Waals surface area contributed by atoms with Gasteiger partial charge in [0, 0.05) is 9.64 Å². The Hall–Kier alpha value is -0.100. The first-order valence-corrected chi connectivity index (χ1v) is 3.34. The highest BCUT2D eigenvalue weighted by Crippen LogP contribution is 2.12. The molecule has 0 spiro atoms. The van der Waals surface area contributed by atoms with Gasteiger partial charge in [-0.05, 0) is 22.6 Å². The highest BCUT2D eigenvalue weighted by molar-refractivity contribution is 14.1. The van der Waals surface area contributed by atoms with Crippen LogP contribution in [0, 0.1) is 9.52 Å². The number of nitrogens with two attached hydrogens (primary N) is 1. The van der Waals surface area contributed by atoms with E-state index in [0.717, 1.165) is 0 Å². The van der Waals surface area contributed by atoms with E-state index >= 15 is 0 Å². The first-order valence-electron chi connectivity index (χ1n) is 2.26. The number of anilines is 1. The van der Waals surface area contributed by atoms with E-state index in [1.165, 1.54) is 12.3 Å². The number of hydrogen-bond donors (Lipinski definition) is 1. The SMILES string of the molecule is Cl.Nc1cnc(F)cc1I. The number of hydrogen-bond acceptors (Lipinski definition) is 2. The fourth-order valence-electron chi connectivity index (χ4n) is 0.418. The molecule has 0 radical (unpaired) electrons. The second-order valence-electron chi connectivity index (χ2n) is 1.53. The lowest BCUT2D eigenvalue weighted by atomic mass is 10.4. The molecule has 0 aliphatic heterocycles. The average Bonchev–Trinajstić information content (AvgIpc) is 1.80. The Labute approximate surface area is 77.6 Å². The maximum Gasteiger partial charge on any atom is 0.213 e. The Morgan fingerprint density at radius 3 is 2.60 bits per heavy atom. The predicted molar refractivity (Wildman–Crippen MR) is 48.6 cm³/mol. The summed E-state index contributed by atoms with van der Waals surface area (Å²) in [5, 5.41) is 0. The Morgan fingerprint density at radius 1 is 1.60 bits per heavy atom. The molecule has 1 aromatic rings. The molecule has 0 fully saturated rings. The first-order chi connectivity index (χ1) is 4.20. The van der Waals surface area contributed by atoms with Gasteiger partial charge in [-0.25, -0.2) is 4.98 Å². The largest absolute Gasteiger partial charge is 0.397 e. The average molecular weight is 274 g/mol. The summed E-state index contributed by atoms with van der Waals surface area (Å²) in [4.78, 5) is 3.34. The van der Waals surface area contributed by atoms with E-state index in [1.54, 1.807) is 0 Å². The molecule has 0 unspecified atom stereocenters. The lowest BCUT2D eigenvalue weighted by Gasteiger charge is -1.93. The third-order valence-electron chi connectivity index (χ3n) is 0.849. The molecule has 0 bridgehead atoms. The van der Waals surface area contributed by atoms with E-state index in [1.807, 2.05) is 22.6 Å². The Kier molecular flexibility index (Phi) is 3.88. The van der Waals surface area contributed by atoms with Crippen molar-refractivity contribution in [3.8, 4) is 0 Å². The third-order valence-corrected chi connectivity index (χ3v) is 1.78. The van der Waals surface area contributed by atoms with Crippen LogP contribution in [-0.4, -0.2) is 4.98 Å².